The minimum Gasteiger partial charge on any atom is -0.310 e. The Morgan fingerprint density at radius 2 is 1.92 bits per heavy atom. The molecular formula is C9H17N3. The van der Waals surface area contributed by atoms with Crippen LogP contribution in [0.2, 0.25) is 0 Å². The van der Waals surface area contributed by atoms with E-state index in [1.165, 1.54) is 0 Å². The average molecular weight is 167 g/mol. The molecule has 12 heavy (non-hydrogen) atoms. The Kier molecular flexibility index (Phi) is 2.71. The first-order chi connectivity index (χ1) is 5.54. The monoisotopic (exact) mass is 167 g/mol. The number of rotatable bonds is 0. The highest BCUT2D eigenvalue weighted by Crippen LogP contribution is 2.19. The second kappa shape index (κ2) is 3.42. The lowest BCUT2D eigenvalue weighted by Gasteiger charge is -2.36. The van der Waals surface area contributed by atoms with Gasteiger partial charge in [0.2, 0.25) is 0 Å². The number of nitriles is 1. The van der Waals surface area contributed by atoms with Gasteiger partial charge in [-0.2, -0.15) is 5.26 Å². The highest BCUT2D eigenvalue weighted by atomic mass is 15.1. The zero-order valence-electron chi connectivity index (χ0n) is 8.02. The maximum atomic E-state index is 8.63. The third-order valence-electron chi connectivity index (χ3n) is 2.34. The molecule has 0 aromatic rings. The maximum Gasteiger partial charge on any atom is 0.108 e. The van der Waals surface area contributed by atoms with E-state index in [1.54, 1.807) is 0 Å². The molecule has 0 amide bonds. The summed E-state index contributed by atoms with van der Waals surface area (Å²) in [6, 6.07) is 2.67. The molecule has 1 aliphatic rings. The van der Waals surface area contributed by atoms with Gasteiger partial charge in [0, 0.05) is 19.1 Å². The van der Waals surface area contributed by atoms with Crippen molar-refractivity contribution < 1.29 is 0 Å². The van der Waals surface area contributed by atoms with Crippen LogP contribution in [-0.2, 0) is 0 Å². The molecular weight excluding hydrogens is 150 g/mol. The van der Waals surface area contributed by atoms with E-state index in [0.717, 1.165) is 13.1 Å². The predicted molar refractivity (Wildman–Crippen MR) is 48.6 cm³/mol. The van der Waals surface area contributed by atoms with E-state index in [1.807, 2.05) is 0 Å². The van der Waals surface area contributed by atoms with Crippen molar-refractivity contribution in [1.82, 2.24) is 10.6 Å². The van der Waals surface area contributed by atoms with Gasteiger partial charge in [-0.1, -0.05) is 20.8 Å². The average Bonchev–Trinajstić information content (AvgIpc) is 2.03. The van der Waals surface area contributed by atoms with Crippen molar-refractivity contribution in [2.75, 3.05) is 13.1 Å². The molecule has 0 aliphatic carbocycles. The lowest BCUT2D eigenvalue weighted by atomic mass is 9.85. The number of nitrogens with one attached hydrogen (secondary N) is 2. The molecule has 2 unspecified atom stereocenters. The fourth-order valence-corrected chi connectivity index (χ4v) is 1.37. The molecule has 0 radical (unpaired) electrons. The molecule has 1 rings (SSSR count). The number of piperazine rings is 1. The third-order valence-corrected chi connectivity index (χ3v) is 2.34. The van der Waals surface area contributed by atoms with Crippen molar-refractivity contribution in [2.24, 2.45) is 5.41 Å². The first-order valence-corrected chi connectivity index (χ1v) is 4.40. The summed E-state index contributed by atoms with van der Waals surface area (Å²) in [6.07, 6.45) is 0. The molecule has 1 aliphatic heterocycles. The van der Waals surface area contributed by atoms with E-state index in [4.69, 9.17) is 5.26 Å². The Bertz CT molecular complexity index is 179. The summed E-state index contributed by atoms with van der Waals surface area (Å²) in [5.74, 6) is 0. The maximum absolute atomic E-state index is 8.63. The van der Waals surface area contributed by atoms with Gasteiger partial charge in [0.15, 0.2) is 0 Å². The number of nitrogens with zero attached hydrogens (tertiary/aromatic N) is 1. The Morgan fingerprint density at radius 3 is 2.25 bits per heavy atom. The highest BCUT2D eigenvalue weighted by Gasteiger charge is 2.28. The van der Waals surface area contributed by atoms with Crippen molar-refractivity contribution >= 4 is 0 Å². The van der Waals surface area contributed by atoms with Crippen LogP contribution in [0.15, 0.2) is 0 Å². The van der Waals surface area contributed by atoms with Crippen molar-refractivity contribution in [1.29, 1.82) is 5.26 Å². The van der Waals surface area contributed by atoms with E-state index in [9.17, 15) is 0 Å². The Hall–Kier alpha value is -0.590. The van der Waals surface area contributed by atoms with Gasteiger partial charge in [0.25, 0.3) is 0 Å². The van der Waals surface area contributed by atoms with Crippen LogP contribution in [0.5, 0.6) is 0 Å². The zero-order valence-corrected chi connectivity index (χ0v) is 8.02. The second-order valence-electron chi connectivity index (χ2n) is 4.42. The smallest absolute Gasteiger partial charge is 0.108 e. The van der Waals surface area contributed by atoms with Gasteiger partial charge in [0.1, 0.15) is 6.04 Å². The van der Waals surface area contributed by atoms with Gasteiger partial charge < -0.3 is 5.32 Å². The minimum atomic E-state index is -0.0106. The predicted octanol–water partition coefficient (Wildman–Crippen LogP) is 0.486. The molecule has 3 nitrogen and oxygen atoms in total. The topological polar surface area (TPSA) is 47.9 Å². The van der Waals surface area contributed by atoms with Gasteiger partial charge in [-0.15, -0.1) is 0 Å². The summed E-state index contributed by atoms with van der Waals surface area (Å²) >= 11 is 0. The summed E-state index contributed by atoms with van der Waals surface area (Å²) in [5.41, 5.74) is 0.271. The van der Waals surface area contributed by atoms with Crippen molar-refractivity contribution in [3.8, 4) is 6.07 Å². The van der Waals surface area contributed by atoms with Gasteiger partial charge in [-0.25, -0.2) is 0 Å². The molecule has 3 heteroatoms. The summed E-state index contributed by atoms with van der Waals surface area (Å²) in [4.78, 5) is 0. The van der Waals surface area contributed by atoms with E-state index >= 15 is 0 Å². The third kappa shape index (κ3) is 2.20. The van der Waals surface area contributed by atoms with Crippen LogP contribution in [0, 0.1) is 16.7 Å². The first-order valence-electron chi connectivity index (χ1n) is 4.40. The Labute approximate surface area is 74.1 Å². The molecule has 0 spiro atoms. The van der Waals surface area contributed by atoms with Crippen molar-refractivity contribution in [2.45, 2.75) is 32.9 Å². The van der Waals surface area contributed by atoms with Crippen molar-refractivity contribution in [3.05, 3.63) is 0 Å². The van der Waals surface area contributed by atoms with Crippen LogP contribution in [0.25, 0.3) is 0 Å². The summed E-state index contributed by atoms with van der Waals surface area (Å²) in [5, 5.41) is 15.2. The van der Waals surface area contributed by atoms with Gasteiger partial charge in [0.05, 0.1) is 6.07 Å². The van der Waals surface area contributed by atoms with Gasteiger partial charge in [-0.3, -0.25) is 5.32 Å². The summed E-state index contributed by atoms with van der Waals surface area (Å²) in [7, 11) is 0. The number of hydrogen-bond donors (Lipinski definition) is 2. The fraction of sp³-hybridized carbons (Fsp3) is 0.889. The zero-order chi connectivity index (χ0) is 9.19. The Balaban J connectivity index is 2.42. The van der Waals surface area contributed by atoms with Crippen LogP contribution in [0.3, 0.4) is 0 Å². The molecule has 0 aromatic carbocycles. The summed E-state index contributed by atoms with van der Waals surface area (Å²) < 4.78 is 0. The van der Waals surface area contributed by atoms with Crippen molar-refractivity contribution in [3.63, 3.8) is 0 Å². The summed E-state index contributed by atoms with van der Waals surface area (Å²) in [6.45, 7) is 8.28. The van der Waals surface area contributed by atoms with E-state index < -0.39 is 0 Å². The van der Waals surface area contributed by atoms with E-state index in [0.29, 0.717) is 6.04 Å². The van der Waals surface area contributed by atoms with Crippen LogP contribution in [0.1, 0.15) is 20.8 Å². The fourth-order valence-electron chi connectivity index (χ4n) is 1.37. The van der Waals surface area contributed by atoms with Gasteiger partial charge >= 0.3 is 0 Å². The SMILES string of the molecule is CC(C)(C)C1CNC(C#N)CN1. The minimum absolute atomic E-state index is 0.0106. The van der Waals surface area contributed by atoms with E-state index in [-0.39, 0.29) is 11.5 Å². The van der Waals surface area contributed by atoms with Crippen LogP contribution in [-0.4, -0.2) is 25.2 Å². The molecule has 0 saturated carbocycles. The molecule has 2 atom stereocenters. The highest BCUT2D eigenvalue weighted by molar-refractivity contribution is 4.98. The molecule has 0 bridgehead atoms. The van der Waals surface area contributed by atoms with E-state index in [2.05, 4.69) is 37.5 Å². The first kappa shape index (κ1) is 9.50. The Morgan fingerprint density at radius 1 is 1.25 bits per heavy atom. The van der Waals surface area contributed by atoms with Gasteiger partial charge in [-0.05, 0) is 5.41 Å². The van der Waals surface area contributed by atoms with Crippen LogP contribution >= 0.6 is 0 Å². The normalized spacial score (nSPS) is 31.2. The second-order valence-corrected chi connectivity index (χ2v) is 4.42. The molecule has 2 N–H and O–H groups in total. The quantitative estimate of drug-likeness (QED) is 0.552. The lowest BCUT2D eigenvalue weighted by molar-refractivity contribution is 0.227. The standard InChI is InChI=1S/C9H17N3/c1-9(2,3)8-6-11-7(4-10)5-12-8/h7-8,11-12H,5-6H2,1-3H3. The van der Waals surface area contributed by atoms with Crippen LogP contribution < -0.4 is 10.6 Å². The molecule has 68 valence electrons. The molecule has 1 fully saturated rings. The van der Waals surface area contributed by atoms with Crippen LogP contribution in [0.4, 0.5) is 0 Å². The molecule has 1 saturated heterocycles. The molecule has 0 aromatic heterocycles. The lowest BCUT2D eigenvalue weighted by Crippen LogP contribution is -2.58. The largest absolute Gasteiger partial charge is 0.310 e. The molecule has 1 heterocycles. The number of hydrogen-bond acceptors (Lipinski definition) is 3.